The topological polar surface area (TPSA) is 173 Å². The molecule has 0 amide bonds. The number of benzene rings is 2. The molecule has 0 aliphatic heterocycles. The first-order valence-corrected chi connectivity index (χ1v) is 9.40. The van der Waals surface area contributed by atoms with Crippen molar-refractivity contribution in [3.8, 4) is 11.4 Å². The smallest absolute Gasteiger partial charge is 0.296 e. The van der Waals surface area contributed by atoms with Gasteiger partial charge in [-0.15, -0.1) is 0 Å². The lowest BCUT2D eigenvalue weighted by Gasteiger charge is -2.13. The van der Waals surface area contributed by atoms with Crippen LogP contribution in [0, 0.1) is 0 Å². The molecule has 0 spiro atoms. The van der Waals surface area contributed by atoms with E-state index in [1.54, 1.807) is 0 Å². The summed E-state index contributed by atoms with van der Waals surface area (Å²) in [5, 5.41) is 0.413. The highest BCUT2D eigenvalue weighted by Gasteiger charge is 2.23. The summed E-state index contributed by atoms with van der Waals surface area (Å²) in [5.41, 5.74) is 5.66. The maximum Gasteiger partial charge on any atom is 0.296 e. The van der Waals surface area contributed by atoms with Crippen LogP contribution < -0.4 is 5.73 Å². The Labute approximate surface area is 141 Å². The molecule has 10 nitrogen and oxygen atoms in total. The van der Waals surface area contributed by atoms with E-state index in [2.05, 4.69) is 15.0 Å². The van der Waals surface area contributed by atoms with Gasteiger partial charge in [0, 0.05) is 0 Å². The highest BCUT2D eigenvalue weighted by molar-refractivity contribution is 7.86. The lowest BCUT2D eigenvalue weighted by molar-refractivity contribution is 0.481. The number of nitrogen functional groups attached to an aromatic ring is 1. The van der Waals surface area contributed by atoms with E-state index >= 15 is 0 Å². The van der Waals surface area contributed by atoms with Crippen LogP contribution in [0.15, 0.2) is 46.7 Å². The van der Waals surface area contributed by atoms with Crippen molar-refractivity contribution < 1.29 is 25.9 Å². The van der Waals surface area contributed by atoms with Gasteiger partial charge >= 0.3 is 0 Å². The molecule has 0 aliphatic carbocycles. The van der Waals surface area contributed by atoms with Gasteiger partial charge in [0.1, 0.15) is 17.6 Å². The predicted octanol–water partition coefficient (Wildman–Crippen LogP) is 0.767. The molecule has 130 valence electrons. The van der Waals surface area contributed by atoms with E-state index in [1.807, 2.05) is 0 Å². The molecular formula is C13H10N4O6S2. The summed E-state index contributed by atoms with van der Waals surface area (Å²) in [6, 6.07) is 4.49. The maximum atomic E-state index is 11.6. The van der Waals surface area contributed by atoms with Gasteiger partial charge in [-0.1, -0.05) is 6.07 Å². The number of rotatable bonds is 3. The van der Waals surface area contributed by atoms with E-state index in [0.717, 1.165) is 18.2 Å². The van der Waals surface area contributed by atoms with Crippen LogP contribution in [-0.4, -0.2) is 40.9 Å². The second kappa shape index (κ2) is 5.70. The third-order valence-electron chi connectivity index (χ3n) is 3.41. The maximum absolute atomic E-state index is 11.6. The van der Waals surface area contributed by atoms with Crippen LogP contribution in [0.1, 0.15) is 0 Å². The number of anilines is 1. The summed E-state index contributed by atoms with van der Waals surface area (Å²) >= 11 is 0. The molecule has 1 heterocycles. The molecule has 0 aliphatic rings. The standard InChI is InChI=1S/C13H10N4O6S2/c14-12-10(25(21,22)23)4-7-3-8(24(18,19)20)1-2-9(7)11(12)13-16-5-15-6-17-13/h1-6H,14H2,(H,18,19,20)(H,21,22,23). The summed E-state index contributed by atoms with van der Waals surface area (Å²) in [5.74, 6) is 0.0302. The average Bonchev–Trinajstić information content (AvgIpc) is 2.52. The van der Waals surface area contributed by atoms with Crippen molar-refractivity contribution in [2.45, 2.75) is 9.79 Å². The summed E-state index contributed by atoms with van der Waals surface area (Å²) in [6.07, 6.45) is 2.33. The summed E-state index contributed by atoms with van der Waals surface area (Å²) in [4.78, 5) is 10.4. The van der Waals surface area contributed by atoms with Gasteiger partial charge in [-0.25, -0.2) is 15.0 Å². The zero-order valence-corrected chi connectivity index (χ0v) is 13.9. The minimum atomic E-state index is -4.71. The van der Waals surface area contributed by atoms with Crippen LogP contribution in [-0.2, 0) is 20.2 Å². The van der Waals surface area contributed by atoms with E-state index in [-0.39, 0.29) is 22.5 Å². The normalized spacial score (nSPS) is 12.4. The van der Waals surface area contributed by atoms with Crippen molar-refractivity contribution in [2.24, 2.45) is 0 Å². The molecule has 0 saturated carbocycles. The van der Waals surface area contributed by atoms with Crippen molar-refractivity contribution in [2.75, 3.05) is 5.73 Å². The third kappa shape index (κ3) is 3.15. The van der Waals surface area contributed by atoms with Gasteiger partial charge in [-0.3, -0.25) is 9.11 Å². The van der Waals surface area contributed by atoms with E-state index in [4.69, 9.17) is 10.3 Å². The zero-order chi connectivity index (χ0) is 18.4. The first-order valence-electron chi connectivity index (χ1n) is 6.52. The Kier molecular flexibility index (Phi) is 3.91. The van der Waals surface area contributed by atoms with Gasteiger partial charge < -0.3 is 5.73 Å². The van der Waals surface area contributed by atoms with Crippen molar-refractivity contribution in [3.05, 3.63) is 36.9 Å². The van der Waals surface area contributed by atoms with Gasteiger partial charge in [0.25, 0.3) is 20.2 Å². The first kappa shape index (κ1) is 17.2. The number of fused-ring (bicyclic) bond motifs is 1. The number of aromatic nitrogens is 3. The second-order valence-electron chi connectivity index (χ2n) is 4.96. The summed E-state index contributed by atoms with van der Waals surface area (Å²) < 4.78 is 64.4. The molecular weight excluding hydrogens is 372 g/mol. The zero-order valence-electron chi connectivity index (χ0n) is 12.2. The number of nitrogens with zero attached hydrogens (tertiary/aromatic N) is 3. The average molecular weight is 382 g/mol. The minimum Gasteiger partial charge on any atom is -0.397 e. The summed E-state index contributed by atoms with van der Waals surface area (Å²) in [7, 11) is -9.23. The van der Waals surface area contributed by atoms with Crippen LogP contribution in [0.25, 0.3) is 22.2 Å². The Bertz CT molecular complexity index is 1190. The van der Waals surface area contributed by atoms with E-state index in [1.165, 1.54) is 18.7 Å². The first-order chi connectivity index (χ1) is 11.6. The molecule has 0 saturated heterocycles. The Balaban J connectivity index is 2.50. The fourth-order valence-electron chi connectivity index (χ4n) is 2.36. The SMILES string of the molecule is Nc1c(S(=O)(=O)O)cc2cc(S(=O)(=O)O)ccc2c1-c1ncncn1. The Morgan fingerprint density at radius 2 is 1.56 bits per heavy atom. The molecule has 3 aromatic rings. The molecule has 4 N–H and O–H groups in total. The molecule has 3 rings (SSSR count). The largest absolute Gasteiger partial charge is 0.397 e. The minimum absolute atomic E-state index is 0.0302. The molecule has 0 fully saturated rings. The Hall–Kier alpha value is -2.67. The predicted molar refractivity (Wildman–Crippen MR) is 86.8 cm³/mol. The van der Waals surface area contributed by atoms with Gasteiger partial charge in [0.05, 0.1) is 16.1 Å². The van der Waals surface area contributed by atoms with Crippen molar-refractivity contribution in [1.29, 1.82) is 0 Å². The second-order valence-corrected chi connectivity index (χ2v) is 7.77. The lowest BCUT2D eigenvalue weighted by Crippen LogP contribution is -2.07. The fourth-order valence-corrected chi connectivity index (χ4v) is 3.53. The molecule has 1 aromatic heterocycles. The quantitative estimate of drug-likeness (QED) is 0.433. The van der Waals surface area contributed by atoms with Crippen LogP contribution in [0.3, 0.4) is 0 Å². The Morgan fingerprint density at radius 3 is 2.12 bits per heavy atom. The fraction of sp³-hybridized carbons (Fsp3) is 0. The molecule has 0 unspecified atom stereocenters. The molecule has 12 heteroatoms. The van der Waals surface area contributed by atoms with Crippen molar-refractivity contribution in [3.63, 3.8) is 0 Å². The van der Waals surface area contributed by atoms with Gasteiger partial charge in [0.15, 0.2) is 5.82 Å². The van der Waals surface area contributed by atoms with Crippen molar-refractivity contribution in [1.82, 2.24) is 15.0 Å². The van der Waals surface area contributed by atoms with Gasteiger partial charge in [-0.05, 0) is 29.0 Å². The molecule has 2 aromatic carbocycles. The highest BCUT2D eigenvalue weighted by atomic mass is 32.2. The molecule has 0 radical (unpaired) electrons. The molecule has 0 atom stereocenters. The van der Waals surface area contributed by atoms with Crippen molar-refractivity contribution >= 4 is 36.7 Å². The van der Waals surface area contributed by atoms with E-state index in [9.17, 15) is 21.4 Å². The van der Waals surface area contributed by atoms with Gasteiger partial charge in [0.2, 0.25) is 0 Å². The number of nitrogens with two attached hydrogens (primary N) is 1. The van der Waals surface area contributed by atoms with Crippen LogP contribution >= 0.6 is 0 Å². The monoisotopic (exact) mass is 382 g/mol. The van der Waals surface area contributed by atoms with E-state index in [0.29, 0.717) is 5.39 Å². The third-order valence-corrected chi connectivity index (χ3v) is 5.15. The lowest BCUT2D eigenvalue weighted by atomic mass is 10.0. The molecule has 0 bridgehead atoms. The van der Waals surface area contributed by atoms with Crippen LogP contribution in [0.2, 0.25) is 0 Å². The highest BCUT2D eigenvalue weighted by Crippen LogP contribution is 2.37. The summed E-state index contributed by atoms with van der Waals surface area (Å²) in [6.45, 7) is 0. The molecule has 25 heavy (non-hydrogen) atoms. The van der Waals surface area contributed by atoms with Gasteiger partial charge in [-0.2, -0.15) is 16.8 Å². The van der Waals surface area contributed by atoms with Crippen LogP contribution in [0.4, 0.5) is 5.69 Å². The van der Waals surface area contributed by atoms with E-state index < -0.39 is 30.0 Å². The Morgan fingerprint density at radius 1 is 0.920 bits per heavy atom. The van der Waals surface area contributed by atoms with Crippen LogP contribution in [0.5, 0.6) is 0 Å². The number of hydrogen-bond donors (Lipinski definition) is 3. The number of hydrogen-bond acceptors (Lipinski definition) is 8.